The lowest BCUT2D eigenvalue weighted by Crippen LogP contribution is -2.04. The van der Waals surface area contributed by atoms with Gasteiger partial charge in [-0.2, -0.15) is 0 Å². The molecule has 4 nitrogen and oxygen atoms in total. The van der Waals surface area contributed by atoms with Crippen LogP contribution in [0.25, 0.3) is 44.5 Å². The molecule has 0 saturated carbocycles. The normalized spacial score (nSPS) is 12.0. The largest absolute Gasteiger partial charge is 0.355 e. The molecule has 8 aromatic rings. The Morgan fingerprint density at radius 3 is 0.814 bits per heavy atom. The zero-order valence-electron chi connectivity index (χ0n) is 42.6. The highest BCUT2D eigenvalue weighted by Crippen LogP contribution is 2.43. The molecular weight excluding hydrogens is 849 g/mol. The van der Waals surface area contributed by atoms with Gasteiger partial charge in [0.25, 0.3) is 0 Å². The summed E-state index contributed by atoms with van der Waals surface area (Å²) in [5.41, 5.74) is 28.8. The first-order valence-corrected chi connectivity index (χ1v) is 26.0. The summed E-state index contributed by atoms with van der Waals surface area (Å²) in [6, 6.07) is 54.2. The Hall–Kier alpha value is -7.30. The third kappa shape index (κ3) is 9.53. The maximum atomic E-state index is 5.36. The van der Waals surface area contributed by atoms with Crippen molar-refractivity contribution in [3.63, 3.8) is 0 Å². The summed E-state index contributed by atoms with van der Waals surface area (Å²) in [4.78, 5) is 10.7. The number of hydrogen-bond acceptors (Lipinski definition) is 4. The van der Waals surface area contributed by atoms with Crippen molar-refractivity contribution in [1.82, 2.24) is 0 Å². The van der Waals surface area contributed by atoms with Crippen molar-refractivity contribution in [1.29, 1.82) is 0 Å². The molecule has 8 aromatic carbocycles. The van der Waals surface area contributed by atoms with Gasteiger partial charge in [-0.3, -0.25) is 9.98 Å². The number of hydrogen-bond donors (Lipinski definition) is 2. The molecule has 18 rings (SSSR count). The Balaban J connectivity index is 1.27. The van der Waals surface area contributed by atoms with Gasteiger partial charge >= 0.3 is 0 Å². The first-order chi connectivity index (χ1) is 34.3. The van der Waals surface area contributed by atoms with Crippen LogP contribution in [0.3, 0.4) is 0 Å². The predicted octanol–water partition coefficient (Wildman–Crippen LogP) is 18.2. The number of nitrogens with zero attached hydrogens (tertiary/aromatic N) is 2. The second-order valence-electron chi connectivity index (χ2n) is 18.5. The number of para-hydroxylation sites is 2. The molecule has 10 aliphatic rings. The molecule has 0 unspecified atom stereocenters. The lowest BCUT2D eigenvalue weighted by Gasteiger charge is -2.22. The summed E-state index contributed by atoms with van der Waals surface area (Å²) < 4.78 is 0. The van der Waals surface area contributed by atoms with Crippen LogP contribution in [-0.4, -0.2) is 12.4 Å². The van der Waals surface area contributed by atoms with Gasteiger partial charge in [-0.05, 0) is 201 Å². The van der Waals surface area contributed by atoms with Crippen LogP contribution < -0.4 is 10.6 Å². The van der Waals surface area contributed by atoms with Gasteiger partial charge in [0, 0.05) is 46.3 Å². The second-order valence-corrected chi connectivity index (χ2v) is 18.5. The molecule has 4 heteroatoms. The predicted molar refractivity (Wildman–Crippen MR) is 304 cm³/mol. The average molecular weight is 917 g/mol. The van der Waals surface area contributed by atoms with E-state index < -0.39 is 0 Å². The Morgan fingerprint density at radius 2 is 0.543 bits per heavy atom. The van der Waals surface area contributed by atoms with Gasteiger partial charge in [0.2, 0.25) is 0 Å². The number of nitrogens with one attached hydrogen (secondary N) is 2. The molecule has 0 aliphatic carbocycles. The van der Waals surface area contributed by atoms with E-state index in [1.165, 1.54) is 100 Å². The van der Waals surface area contributed by atoms with Crippen LogP contribution in [0.4, 0.5) is 34.1 Å². The van der Waals surface area contributed by atoms with Gasteiger partial charge in [-0.1, -0.05) is 140 Å². The molecule has 0 aromatic heterocycles. The van der Waals surface area contributed by atoms with E-state index in [0.29, 0.717) is 0 Å². The van der Waals surface area contributed by atoms with Gasteiger partial charge < -0.3 is 10.6 Å². The van der Waals surface area contributed by atoms with Gasteiger partial charge in [-0.25, -0.2) is 0 Å². The molecule has 0 atom stereocenters. The molecule has 70 heavy (non-hydrogen) atoms. The molecule has 0 fully saturated rings. The molecule has 0 radical (unpaired) electrons. The number of rotatable bonds is 8. The van der Waals surface area contributed by atoms with Crippen molar-refractivity contribution in [3.8, 4) is 44.5 Å². The van der Waals surface area contributed by atoms with Crippen molar-refractivity contribution in [3.05, 3.63) is 201 Å². The highest BCUT2D eigenvalue weighted by Gasteiger charge is 2.20. The van der Waals surface area contributed by atoms with Crippen LogP contribution >= 0.6 is 0 Å². The fraction of sp³-hybridized carbons (Fsp3) is 0.242. The summed E-state index contributed by atoms with van der Waals surface area (Å²) in [5, 5.41) is 7.92. The van der Waals surface area contributed by atoms with E-state index in [2.05, 4.69) is 224 Å². The lowest BCUT2D eigenvalue weighted by molar-refractivity contribution is 1.08. The molecule has 10 heterocycles. The standard InChI is InChI=1S/C66H68N4/c1-9-43-33-53-34-44(10-2)63(43)67-41-51-25-17-23-31-61(51)69-65-47(13-5)37-55(38-48(65)14-6)59-29-21-22-30-60(59)56-39-49(15-7)66(50(16-8)40-56)70-62-32-24-18-26-52(62)42-68-64-45(11-3)35-54(36-46(64)12-4)58-28-20-19-27-57(53)58/h17-42,69-70H,9-16H2,1-8H3. The van der Waals surface area contributed by atoms with E-state index in [9.17, 15) is 0 Å². The van der Waals surface area contributed by atoms with E-state index in [4.69, 9.17) is 9.98 Å². The van der Waals surface area contributed by atoms with Gasteiger partial charge in [0.1, 0.15) is 0 Å². The maximum absolute atomic E-state index is 5.36. The van der Waals surface area contributed by atoms with E-state index >= 15 is 0 Å². The zero-order valence-corrected chi connectivity index (χ0v) is 42.6. The first-order valence-electron chi connectivity index (χ1n) is 26.0. The van der Waals surface area contributed by atoms with Crippen LogP contribution in [0.15, 0.2) is 156 Å². The molecule has 10 aliphatic heterocycles. The number of aliphatic imine (C=N–C) groups is 2. The van der Waals surface area contributed by atoms with Crippen molar-refractivity contribution in [2.24, 2.45) is 9.98 Å². The first kappa shape index (κ1) is 47.8. The van der Waals surface area contributed by atoms with E-state index in [1.54, 1.807) is 0 Å². The lowest BCUT2D eigenvalue weighted by atomic mass is 9.88. The molecule has 0 saturated heterocycles. The zero-order chi connectivity index (χ0) is 48.7. The summed E-state index contributed by atoms with van der Waals surface area (Å²) in [7, 11) is 0. The maximum Gasteiger partial charge on any atom is 0.0694 e. The molecule has 2 N–H and O–H groups in total. The third-order valence-corrected chi connectivity index (χ3v) is 14.4. The van der Waals surface area contributed by atoms with E-state index in [-0.39, 0.29) is 0 Å². The van der Waals surface area contributed by atoms with E-state index in [0.717, 1.165) is 85.2 Å². The Bertz CT molecular complexity index is 2940. The van der Waals surface area contributed by atoms with Crippen LogP contribution in [0.1, 0.15) is 111 Å². The minimum absolute atomic E-state index is 0.876. The Morgan fingerprint density at radius 1 is 0.300 bits per heavy atom. The van der Waals surface area contributed by atoms with Crippen molar-refractivity contribution < 1.29 is 0 Å². The number of anilines is 4. The summed E-state index contributed by atoms with van der Waals surface area (Å²) >= 11 is 0. The summed E-state index contributed by atoms with van der Waals surface area (Å²) in [5.74, 6) is 0. The fourth-order valence-electron chi connectivity index (χ4n) is 10.5. The van der Waals surface area contributed by atoms with E-state index in [1.807, 2.05) is 0 Å². The SMILES string of the molecule is CCc1cc2cc(CC)c1N=Cc1ccccc1Nc1c(CC)cc(cc1CC)-c1ccccc1-c1cc(CC)c(c(CC)c1)Nc1ccccc1C=Nc1c(CC)cc(cc1CC)-c1ccccc1-2. The van der Waals surface area contributed by atoms with Crippen LogP contribution in [0, 0.1) is 0 Å². The summed E-state index contributed by atoms with van der Waals surface area (Å²) in [6.45, 7) is 18.1. The smallest absolute Gasteiger partial charge is 0.0694 e. The van der Waals surface area contributed by atoms with Gasteiger partial charge in [0.05, 0.1) is 11.4 Å². The second kappa shape index (κ2) is 21.6. The van der Waals surface area contributed by atoms with Crippen LogP contribution in [-0.2, 0) is 51.4 Å². The molecular formula is C66H68N4. The highest BCUT2D eigenvalue weighted by molar-refractivity contribution is 5.95. The topological polar surface area (TPSA) is 48.8 Å². The minimum Gasteiger partial charge on any atom is -0.355 e. The van der Waals surface area contributed by atoms with Crippen molar-refractivity contribution in [2.45, 2.75) is 107 Å². The molecule has 8 bridgehead atoms. The van der Waals surface area contributed by atoms with Gasteiger partial charge in [-0.15, -0.1) is 0 Å². The Kier molecular flexibility index (Phi) is 14.7. The summed E-state index contributed by atoms with van der Waals surface area (Å²) in [6.07, 6.45) is 11.2. The monoisotopic (exact) mass is 917 g/mol. The molecule has 0 amide bonds. The van der Waals surface area contributed by atoms with Crippen LogP contribution in [0.2, 0.25) is 0 Å². The highest BCUT2D eigenvalue weighted by atomic mass is 14.9. The third-order valence-electron chi connectivity index (χ3n) is 14.4. The van der Waals surface area contributed by atoms with Crippen LogP contribution in [0.5, 0.6) is 0 Å². The number of benzene rings is 8. The fourth-order valence-corrected chi connectivity index (χ4v) is 10.5. The quantitative estimate of drug-likeness (QED) is 0.160. The Labute approximate surface area is 417 Å². The average Bonchev–Trinajstić information content (AvgIpc) is 3.41. The van der Waals surface area contributed by atoms with Crippen molar-refractivity contribution >= 4 is 46.6 Å². The molecule has 0 spiro atoms. The van der Waals surface area contributed by atoms with Crippen molar-refractivity contribution in [2.75, 3.05) is 10.6 Å². The molecule has 352 valence electrons. The number of aryl methyl sites for hydroxylation is 8. The minimum atomic E-state index is 0.876. The van der Waals surface area contributed by atoms with Gasteiger partial charge in [0.15, 0.2) is 0 Å².